The minimum Gasteiger partial charge on any atom is -0.351 e. The number of isocyanates is 1. The molecular weight excluding hydrogens is 212 g/mol. The fourth-order valence-corrected chi connectivity index (χ4v) is 1.19. The first-order valence-corrected chi connectivity index (χ1v) is 4.99. The number of carbonyl (C=O) groups is 2. The van der Waals surface area contributed by atoms with E-state index in [9.17, 15) is 14.4 Å². The third-order valence-electron chi connectivity index (χ3n) is 2.00. The Morgan fingerprint density at radius 3 is 2.12 bits per heavy atom. The van der Waals surface area contributed by atoms with Crippen LogP contribution in [0.5, 0.6) is 0 Å². The van der Waals surface area contributed by atoms with Gasteiger partial charge < -0.3 is 11.5 Å². The van der Waals surface area contributed by atoms with Crippen LogP contribution in [0.4, 0.5) is 9.59 Å². The number of amides is 4. The minimum absolute atomic E-state index is 0.224. The van der Waals surface area contributed by atoms with Gasteiger partial charge in [0.15, 0.2) is 0 Å². The van der Waals surface area contributed by atoms with Crippen molar-refractivity contribution >= 4 is 18.1 Å². The van der Waals surface area contributed by atoms with Crippen LogP contribution >= 0.6 is 0 Å². The van der Waals surface area contributed by atoms with Gasteiger partial charge in [0.1, 0.15) is 0 Å². The zero-order valence-corrected chi connectivity index (χ0v) is 9.02. The molecule has 0 aromatic rings. The Labute approximate surface area is 93.5 Å². The lowest BCUT2D eigenvalue weighted by Crippen LogP contribution is -2.44. The van der Waals surface area contributed by atoms with Crippen LogP contribution in [0.2, 0.25) is 0 Å². The van der Waals surface area contributed by atoms with Gasteiger partial charge in [-0.3, -0.25) is 0 Å². The van der Waals surface area contributed by atoms with Gasteiger partial charge in [0.05, 0.1) is 6.54 Å². The number of aliphatic imine (C=N–C) groups is 1. The molecule has 0 heterocycles. The van der Waals surface area contributed by atoms with Gasteiger partial charge in [0.2, 0.25) is 6.08 Å². The van der Waals surface area contributed by atoms with Gasteiger partial charge in [-0.15, -0.1) is 0 Å². The maximum absolute atomic E-state index is 10.7. The maximum atomic E-state index is 10.7. The number of carbonyl (C=O) groups excluding carboxylic acids is 3. The lowest BCUT2D eigenvalue weighted by molar-refractivity contribution is 0.196. The maximum Gasteiger partial charge on any atom is 0.322 e. The highest BCUT2D eigenvalue weighted by Gasteiger charge is 2.13. The normalized spacial score (nSPS) is 9.25. The summed E-state index contributed by atoms with van der Waals surface area (Å²) in [7, 11) is 0. The zero-order chi connectivity index (χ0) is 12.4. The van der Waals surface area contributed by atoms with E-state index in [1.165, 1.54) is 6.08 Å². The highest BCUT2D eigenvalue weighted by atomic mass is 16.2. The van der Waals surface area contributed by atoms with Gasteiger partial charge in [-0.2, -0.15) is 0 Å². The highest BCUT2D eigenvalue weighted by molar-refractivity contribution is 5.91. The Kier molecular flexibility index (Phi) is 7.44. The summed E-state index contributed by atoms with van der Waals surface area (Å²) in [6.07, 6.45) is 4.54. The average Bonchev–Trinajstić information content (AvgIpc) is 2.21. The Balaban J connectivity index is 3.59. The van der Waals surface area contributed by atoms with Crippen molar-refractivity contribution in [1.82, 2.24) is 4.90 Å². The van der Waals surface area contributed by atoms with Crippen LogP contribution in [-0.4, -0.2) is 36.1 Å². The summed E-state index contributed by atoms with van der Waals surface area (Å²) in [6, 6.07) is -1.67. The van der Waals surface area contributed by atoms with Gasteiger partial charge >= 0.3 is 12.1 Å². The van der Waals surface area contributed by atoms with Crippen molar-refractivity contribution in [2.45, 2.75) is 25.7 Å². The number of hydrogen-bond acceptors (Lipinski definition) is 4. The molecule has 0 fully saturated rings. The molecule has 4 N–H and O–H groups in total. The number of imide groups is 1. The Bertz CT molecular complexity index is 272. The number of rotatable bonds is 7. The van der Waals surface area contributed by atoms with Crippen molar-refractivity contribution in [2.24, 2.45) is 16.5 Å². The topological polar surface area (TPSA) is 119 Å². The summed E-state index contributed by atoms with van der Waals surface area (Å²) in [5, 5.41) is 0. The summed E-state index contributed by atoms with van der Waals surface area (Å²) in [5.41, 5.74) is 9.89. The molecule has 0 rings (SSSR count). The zero-order valence-electron chi connectivity index (χ0n) is 9.02. The van der Waals surface area contributed by atoms with Crippen molar-refractivity contribution in [2.75, 3.05) is 13.1 Å². The van der Waals surface area contributed by atoms with E-state index in [0.717, 1.165) is 24.2 Å². The molecule has 16 heavy (non-hydrogen) atoms. The largest absolute Gasteiger partial charge is 0.351 e. The first-order valence-electron chi connectivity index (χ1n) is 4.99. The van der Waals surface area contributed by atoms with Crippen molar-refractivity contribution in [3.8, 4) is 0 Å². The molecule has 0 aromatic carbocycles. The fourth-order valence-electron chi connectivity index (χ4n) is 1.19. The van der Waals surface area contributed by atoms with E-state index < -0.39 is 12.1 Å². The number of nitrogens with zero attached hydrogens (tertiary/aromatic N) is 2. The molecule has 0 bridgehead atoms. The molecule has 0 saturated heterocycles. The lowest BCUT2D eigenvalue weighted by Gasteiger charge is -2.14. The van der Waals surface area contributed by atoms with Gasteiger partial charge in [0.25, 0.3) is 0 Å². The molecule has 90 valence electrons. The van der Waals surface area contributed by atoms with Crippen LogP contribution < -0.4 is 11.5 Å². The summed E-state index contributed by atoms with van der Waals surface area (Å²) >= 11 is 0. The smallest absolute Gasteiger partial charge is 0.322 e. The molecule has 0 aliphatic heterocycles. The first kappa shape index (κ1) is 14.1. The van der Waals surface area contributed by atoms with Gasteiger partial charge in [-0.1, -0.05) is 12.8 Å². The molecule has 0 aromatic heterocycles. The summed E-state index contributed by atoms with van der Waals surface area (Å²) in [5.74, 6) is 0. The van der Waals surface area contributed by atoms with E-state index in [1.807, 2.05) is 0 Å². The van der Waals surface area contributed by atoms with E-state index in [1.54, 1.807) is 0 Å². The van der Waals surface area contributed by atoms with Crippen molar-refractivity contribution < 1.29 is 14.4 Å². The molecule has 0 saturated carbocycles. The lowest BCUT2D eigenvalue weighted by atomic mass is 10.2. The second-order valence-electron chi connectivity index (χ2n) is 3.22. The molecule has 0 unspecified atom stereocenters. The number of primary amides is 2. The quantitative estimate of drug-likeness (QED) is 0.371. The highest BCUT2D eigenvalue weighted by Crippen LogP contribution is 2.02. The molecule has 0 aliphatic rings. The molecule has 4 amide bonds. The third kappa shape index (κ3) is 6.56. The van der Waals surface area contributed by atoms with Gasteiger partial charge in [0, 0.05) is 6.54 Å². The van der Waals surface area contributed by atoms with Crippen LogP contribution in [0.15, 0.2) is 4.99 Å². The minimum atomic E-state index is -0.835. The number of unbranched alkanes of at least 4 members (excludes halogenated alkanes) is 3. The van der Waals surface area contributed by atoms with Crippen LogP contribution in [0, 0.1) is 0 Å². The fraction of sp³-hybridized carbons (Fsp3) is 0.667. The van der Waals surface area contributed by atoms with Crippen LogP contribution in [0.1, 0.15) is 25.7 Å². The summed E-state index contributed by atoms with van der Waals surface area (Å²) in [6.45, 7) is 0.681. The predicted octanol–water partition coefficient (Wildman–Crippen LogP) is 0.342. The molecule has 0 aliphatic carbocycles. The van der Waals surface area contributed by atoms with Crippen molar-refractivity contribution in [3.63, 3.8) is 0 Å². The van der Waals surface area contributed by atoms with E-state index in [0.29, 0.717) is 13.0 Å². The van der Waals surface area contributed by atoms with Crippen molar-refractivity contribution in [3.05, 3.63) is 0 Å². The third-order valence-corrected chi connectivity index (χ3v) is 2.00. The van der Waals surface area contributed by atoms with Gasteiger partial charge in [-0.25, -0.2) is 24.3 Å². The Morgan fingerprint density at radius 2 is 1.62 bits per heavy atom. The van der Waals surface area contributed by atoms with E-state index in [4.69, 9.17) is 11.5 Å². The van der Waals surface area contributed by atoms with E-state index >= 15 is 0 Å². The van der Waals surface area contributed by atoms with E-state index in [2.05, 4.69) is 4.99 Å². The Hall–Kier alpha value is -1.88. The average molecular weight is 228 g/mol. The molecule has 7 nitrogen and oxygen atoms in total. The monoisotopic (exact) mass is 228 g/mol. The second-order valence-corrected chi connectivity index (χ2v) is 3.22. The number of nitrogens with two attached hydrogens (primary N) is 2. The van der Waals surface area contributed by atoms with Gasteiger partial charge in [-0.05, 0) is 12.8 Å². The van der Waals surface area contributed by atoms with Crippen LogP contribution in [-0.2, 0) is 4.79 Å². The first-order chi connectivity index (χ1) is 7.59. The molecule has 7 heteroatoms. The second kappa shape index (κ2) is 8.43. The SMILES string of the molecule is NC(=O)N(CCCCCCN=C=O)C(N)=O. The molecule has 0 spiro atoms. The molecule has 0 radical (unpaired) electrons. The number of hydrogen-bond donors (Lipinski definition) is 2. The molecular formula is C9H16N4O3. The molecule has 0 atom stereocenters. The predicted molar refractivity (Wildman–Crippen MR) is 57.3 cm³/mol. The summed E-state index contributed by atoms with van der Waals surface area (Å²) < 4.78 is 0. The van der Waals surface area contributed by atoms with Crippen LogP contribution in [0.3, 0.4) is 0 Å². The van der Waals surface area contributed by atoms with Crippen LogP contribution in [0.25, 0.3) is 0 Å². The standard InChI is InChI=1S/C9H16N4O3/c10-8(15)13(9(11)16)6-4-2-1-3-5-12-7-14/h1-6H2,(H2,10,15)(H2,11,16). The Morgan fingerprint density at radius 1 is 1.06 bits per heavy atom. The number of urea groups is 2. The van der Waals surface area contributed by atoms with Crippen molar-refractivity contribution in [1.29, 1.82) is 0 Å². The summed E-state index contributed by atoms with van der Waals surface area (Å²) in [4.78, 5) is 35.4. The van der Waals surface area contributed by atoms with E-state index in [-0.39, 0.29) is 6.54 Å².